The number of nitrogens with two attached hydrogens (primary N) is 1. The topological polar surface area (TPSA) is 50.9 Å². The molecule has 4 heteroatoms. The van der Waals surface area contributed by atoms with E-state index in [0.29, 0.717) is 5.69 Å². The highest BCUT2D eigenvalue weighted by atomic mass is 79.9. The summed E-state index contributed by atoms with van der Waals surface area (Å²) in [7, 11) is 0. The van der Waals surface area contributed by atoms with Crippen LogP contribution >= 0.6 is 15.9 Å². The van der Waals surface area contributed by atoms with Gasteiger partial charge in [0.05, 0.1) is 22.0 Å². The summed E-state index contributed by atoms with van der Waals surface area (Å²) >= 11 is 3.42. The third kappa shape index (κ3) is 2.61. The van der Waals surface area contributed by atoms with Crippen molar-refractivity contribution >= 4 is 27.3 Å². The number of halogens is 1. The van der Waals surface area contributed by atoms with Crippen LogP contribution in [0.3, 0.4) is 0 Å². The van der Waals surface area contributed by atoms with Crippen molar-refractivity contribution in [3.05, 3.63) is 16.9 Å². The molecule has 1 heterocycles. The summed E-state index contributed by atoms with van der Waals surface area (Å²) in [5, 5.41) is 3.39. The summed E-state index contributed by atoms with van der Waals surface area (Å²) in [6, 6.07) is 0. The molecule has 3 N–H and O–H groups in total. The minimum atomic E-state index is 0.0397. The number of anilines is 2. The van der Waals surface area contributed by atoms with Crippen molar-refractivity contribution in [3.8, 4) is 0 Å². The molecule has 0 atom stereocenters. The average Bonchev–Trinajstić information content (AvgIpc) is 2.12. The lowest BCUT2D eigenvalue weighted by atomic mass is 10.0. The fraction of sp³-hybridized carbons (Fsp3) is 0.500. The van der Waals surface area contributed by atoms with Crippen molar-refractivity contribution in [2.24, 2.45) is 0 Å². The first-order chi connectivity index (χ1) is 6.46. The van der Waals surface area contributed by atoms with Crippen LogP contribution in [-0.4, -0.2) is 10.5 Å². The molecule has 0 aromatic carbocycles. The Kier molecular flexibility index (Phi) is 3.37. The summed E-state index contributed by atoms with van der Waals surface area (Å²) < 4.78 is 0.902. The lowest BCUT2D eigenvalue weighted by Crippen LogP contribution is -2.30. The fourth-order valence-corrected chi connectivity index (χ4v) is 1.45. The van der Waals surface area contributed by atoms with Gasteiger partial charge in [-0.1, -0.05) is 6.92 Å². The van der Waals surface area contributed by atoms with E-state index in [2.05, 4.69) is 47.0 Å². The van der Waals surface area contributed by atoms with E-state index in [1.54, 1.807) is 12.4 Å². The molecule has 0 fully saturated rings. The molecular weight excluding hydrogens is 242 g/mol. The zero-order chi connectivity index (χ0) is 10.8. The van der Waals surface area contributed by atoms with E-state index in [4.69, 9.17) is 5.73 Å². The molecule has 0 saturated heterocycles. The second kappa shape index (κ2) is 4.17. The maximum Gasteiger partial charge on any atom is 0.0754 e. The van der Waals surface area contributed by atoms with Crippen LogP contribution in [0.5, 0.6) is 0 Å². The fourth-order valence-electron chi connectivity index (χ4n) is 1.01. The average molecular weight is 258 g/mol. The number of rotatable bonds is 3. The normalized spacial score (nSPS) is 11.4. The Hall–Kier alpha value is -0.770. The van der Waals surface area contributed by atoms with E-state index >= 15 is 0 Å². The van der Waals surface area contributed by atoms with Gasteiger partial charge in [0.25, 0.3) is 0 Å². The first-order valence-corrected chi connectivity index (χ1v) is 5.43. The van der Waals surface area contributed by atoms with Crippen molar-refractivity contribution in [1.82, 2.24) is 4.98 Å². The highest BCUT2D eigenvalue weighted by Crippen LogP contribution is 2.30. The van der Waals surface area contributed by atoms with Gasteiger partial charge in [-0.3, -0.25) is 4.98 Å². The van der Waals surface area contributed by atoms with Crippen molar-refractivity contribution in [2.75, 3.05) is 11.1 Å². The molecule has 78 valence electrons. The van der Waals surface area contributed by atoms with Crippen LogP contribution in [0.2, 0.25) is 0 Å². The van der Waals surface area contributed by atoms with Crippen LogP contribution in [0.1, 0.15) is 27.2 Å². The van der Waals surface area contributed by atoms with Gasteiger partial charge in [0.15, 0.2) is 0 Å². The molecule has 0 aliphatic rings. The summed E-state index contributed by atoms with van der Waals surface area (Å²) in [4.78, 5) is 3.99. The van der Waals surface area contributed by atoms with Crippen molar-refractivity contribution in [3.63, 3.8) is 0 Å². The predicted octanol–water partition coefficient (Wildman–Crippen LogP) is 3.03. The Morgan fingerprint density at radius 2 is 2.14 bits per heavy atom. The summed E-state index contributed by atoms with van der Waals surface area (Å²) in [6.07, 6.45) is 4.42. The monoisotopic (exact) mass is 257 g/mol. The zero-order valence-corrected chi connectivity index (χ0v) is 10.4. The maximum atomic E-state index is 5.83. The predicted molar refractivity (Wildman–Crippen MR) is 64.3 cm³/mol. The standard InChI is InChI=1S/C10H16BrN3/c1-4-10(2,3)14-9-7(11)5-13-6-8(9)12/h5-6H,4,12H2,1-3H3,(H,13,14). The third-order valence-corrected chi connectivity index (χ3v) is 2.88. The van der Waals surface area contributed by atoms with Gasteiger partial charge in [-0.05, 0) is 36.2 Å². The van der Waals surface area contributed by atoms with Gasteiger partial charge in [0, 0.05) is 11.7 Å². The minimum absolute atomic E-state index is 0.0397. The summed E-state index contributed by atoms with van der Waals surface area (Å²) in [5.74, 6) is 0. The lowest BCUT2D eigenvalue weighted by molar-refractivity contribution is 0.547. The van der Waals surface area contributed by atoms with E-state index in [0.717, 1.165) is 16.6 Å². The number of nitrogens with one attached hydrogen (secondary N) is 1. The number of nitrogen functional groups attached to an aromatic ring is 1. The van der Waals surface area contributed by atoms with E-state index in [9.17, 15) is 0 Å². The van der Waals surface area contributed by atoms with Crippen LogP contribution in [0, 0.1) is 0 Å². The molecule has 14 heavy (non-hydrogen) atoms. The van der Waals surface area contributed by atoms with E-state index in [1.807, 2.05) is 0 Å². The molecule has 0 bridgehead atoms. The molecule has 0 unspecified atom stereocenters. The number of hydrogen-bond acceptors (Lipinski definition) is 3. The van der Waals surface area contributed by atoms with Gasteiger partial charge < -0.3 is 11.1 Å². The molecular formula is C10H16BrN3. The Labute approximate surface area is 93.2 Å². The number of pyridine rings is 1. The zero-order valence-electron chi connectivity index (χ0n) is 8.76. The van der Waals surface area contributed by atoms with E-state index < -0.39 is 0 Å². The van der Waals surface area contributed by atoms with Gasteiger partial charge in [-0.15, -0.1) is 0 Å². The van der Waals surface area contributed by atoms with Crippen LogP contribution in [-0.2, 0) is 0 Å². The van der Waals surface area contributed by atoms with Crippen molar-refractivity contribution in [1.29, 1.82) is 0 Å². The quantitative estimate of drug-likeness (QED) is 0.876. The van der Waals surface area contributed by atoms with Gasteiger partial charge in [-0.2, -0.15) is 0 Å². The largest absolute Gasteiger partial charge is 0.396 e. The smallest absolute Gasteiger partial charge is 0.0754 e. The second-order valence-corrected chi connectivity index (χ2v) is 4.80. The molecule has 0 aliphatic carbocycles. The highest BCUT2D eigenvalue weighted by Gasteiger charge is 2.17. The Morgan fingerprint density at radius 1 is 1.50 bits per heavy atom. The third-order valence-electron chi connectivity index (χ3n) is 2.28. The molecule has 0 spiro atoms. The molecule has 0 saturated carbocycles. The summed E-state index contributed by atoms with van der Waals surface area (Å²) in [5.41, 5.74) is 7.46. The molecule has 1 rings (SSSR count). The van der Waals surface area contributed by atoms with Crippen LogP contribution in [0.15, 0.2) is 16.9 Å². The minimum Gasteiger partial charge on any atom is -0.396 e. The van der Waals surface area contributed by atoms with Crippen LogP contribution < -0.4 is 11.1 Å². The van der Waals surface area contributed by atoms with Crippen molar-refractivity contribution in [2.45, 2.75) is 32.7 Å². The first-order valence-electron chi connectivity index (χ1n) is 4.63. The van der Waals surface area contributed by atoms with Gasteiger partial charge in [0.2, 0.25) is 0 Å². The van der Waals surface area contributed by atoms with Crippen molar-refractivity contribution < 1.29 is 0 Å². The Bertz CT molecular complexity index is 303. The molecule has 0 aliphatic heterocycles. The lowest BCUT2D eigenvalue weighted by Gasteiger charge is -2.27. The molecule has 0 amide bonds. The van der Waals surface area contributed by atoms with Gasteiger partial charge in [0.1, 0.15) is 0 Å². The van der Waals surface area contributed by atoms with Gasteiger partial charge >= 0.3 is 0 Å². The van der Waals surface area contributed by atoms with E-state index in [1.165, 1.54) is 0 Å². The van der Waals surface area contributed by atoms with Crippen LogP contribution in [0.25, 0.3) is 0 Å². The molecule has 1 aromatic heterocycles. The second-order valence-electron chi connectivity index (χ2n) is 3.95. The number of hydrogen-bond donors (Lipinski definition) is 2. The maximum absolute atomic E-state index is 5.83. The molecule has 3 nitrogen and oxygen atoms in total. The highest BCUT2D eigenvalue weighted by molar-refractivity contribution is 9.10. The number of aromatic nitrogens is 1. The Balaban J connectivity index is 2.97. The SMILES string of the molecule is CCC(C)(C)Nc1c(N)cncc1Br. The van der Waals surface area contributed by atoms with E-state index in [-0.39, 0.29) is 5.54 Å². The number of nitrogens with zero attached hydrogens (tertiary/aromatic N) is 1. The first kappa shape index (κ1) is 11.3. The molecule has 1 aromatic rings. The summed E-state index contributed by atoms with van der Waals surface area (Å²) in [6.45, 7) is 6.41. The van der Waals surface area contributed by atoms with Gasteiger partial charge in [-0.25, -0.2) is 0 Å². The Morgan fingerprint density at radius 3 is 2.64 bits per heavy atom. The molecule has 0 radical (unpaired) electrons. The van der Waals surface area contributed by atoms with Crippen LogP contribution in [0.4, 0.5) is 11.4 Å².